The highest BCUT2D eigenvalue weighted by Gasteiger charge is 2.13. The second-order valence-electron chi connectivity index (χ2n) is 2.24. The van der Waals surface area contributed by atoms with E-state index in [2.05, 4.69) is 47.8 Å². The van der Waals surface area contributed by atoms with Gasteiger partial charge in [-0.15, -0.1) is 0 Å². The molecule has 2 nitrogen and oxygen atoms in total. The first-order valence-corrected chi connectivity index (χ1v) is 6.10. The zero-order valence-corrected chi connectivity index (χ0v) is 12.0. The van der Waals surface area contributed by atoms with Gasteiger partial charge < -0.3 is 10.2 Å². The average Bonchev–Trinajstić information content (AvgIpc) is 2.03. The summed E-state index contributed by atoms with van der Waals surface area (Å²) in [5.41, 5.74) is 0. The Labute approximate surface area is 99.1 Å². The first-order chi connectivity index (χ1) is 5.37. The van der Waals surface area contributed by atoms with Gasteiger partial charge in [-0.25, -0.2) is 0 Å². The molecule has 12 heavy (non-hydrogen) atoms. The lowest BCUT2D eigenvalue weighted by atomic mass is 10.2. The third kappa shape index (κ3) is 17.4. The van der Waals surface area contributed by atoms with Crippen molar-refractivity contribution < 1.29 is 10.2 Å². The SMILES string of the molecule is CCC(O)CC.OCC(Br)(Br)Br. The molecule has 76 valence electrons. The Morgan fingerprint density at radius 1 is 1.17 bits per heavy atom. The molecule has 0 bridgehead atoms. The van der Waals surface area contributed by atoms with E-state index in [4.69, 9.17) is 10.2 Å². The molecule has 0 saturated heterocycles. The van der Waals surface area contributed by atoms with Crippen LogP contribution < -0.4 is 0 Å². The molecule has 0 heterocycles. The van der Waals surface area contributed by atoms with Crippen molar-refractivity contribution in [3.05, 3.63) is 0 Å². The van der Waals surface area contributed by atoms with Crippen molar-refractivity contribution in [2.24, 2.45) is 0 Å². The van der Waals surface area contributed by atoms with E-state index in [1.807, 2.05) is 13.8 Å². The Morgan fingerprint density at radius 3 is 1.42 bits per heavy atom. The summed E-state index contributed by atoms with van der Waals surface area (Å²) in [5, 5.41) is 16.9. The molecule has 0 fully saturated rings. The summed E-state index contributed by atoms with van der Waals surface area (Å²) in [4.78, 5) is 0. The van der Waals surface area contributed by atoms with E-state index >= 15 is 0 Å². The minimum atomic E-state index is -0.465. The Balaban J connectivity index is 0. The van der Waals surface area contributed by atoms with E-state index < -0.39 is 2.14 Å². The van der Waals surface area contributed by atoms with Crippen LogP contribution in [0.2, 0.25) is 0 Å². The van der Waals surface area contributed by atoms with Gasteiger partial charge in [0.1, 0.15) is 0 Å². The first kappa shape index (κ1) is 15.8. The Kier molecular flexibility index (Phi) is 11.8. The standard InChI is InChI=1S/C5H12O.C2H3Br3O/c1-3-5(6)4-2;3-2(4,5)1-6/h5-6H,3-4H2,1-2H3;6H,1H2. The Bertz CT molecular complexity index is 89.1. The molecule has 2 N–H and O–H groups in total. The van der Waals surface area contributed by atoms with Crippen LogP contribution in [0.3, 0.4) is 0 Å². The molecule has 0 atom stereocenters. The van der Waals surface area contributed by atoms with Crippen LogP contribution in [0.4, 0.5) is 0 Å². The van der Waals surface area contributed by atoms with Crippen LogP contribution in [0, 0.1) is 0 Å². The fraction of sp³-hybridized carbons (Fsp3) is 1.00. The molecule has 0 aromatic rings. The van der Waals surface area contributed by atoms with E-state index in [1.54, 1.807) is 0 Å². The number of rotatable bonds is 2. The van der Waals surface area contributed by atoms with Gasteiger partial charge in [-0.1, -0.05) is 61.6 Å². The molecule has 0 spiro atoms. The maximum Gasteiger partial charge on any atom is 0.157 e. The number of alkyl halides is 3. The van der Waals surface area contributed by atoms with Gasteiger partial charge in [0, 0.05) is 0 Å². The van der Waals surface area contributed by atoms with Crippen molar-refractivity contribution in [2.45, 2.75) is 34.9 Å². The third-order valence-corrected chi connectivity index (χ3v) is 1.87. The van der Waals surface area contributed by atoms with Gasteiger partial charge in [-0.2, -0.15) is 0 Å². The van der Waals surface area contributed by atoms with Gasteiger partial charge in [-0.05, 0) is 12.8 Å². The maximum atomic E-state index is 8.67. The van der Waals surface area contributed by atoms with Crippen LogP contribution >= 0.6 is 47.8 Å². The van der Waals surface area contributed by atoms with Crippen molar-refractivity contribution in [3.8, 4) is 0 Å². The molecule has 0 aliphatic carbocycles. The van der Waals surface area contributed by atoms with Crippen LogP contribution in [-0.2, 0) is 0 Å². The Morgan fingerprint density at radius 2 is 1.42 bits per heavy atom. The molecule has 0 amide bonds. The zero-order chi connectivity index (χ0) is 10.2. The highest BCUT2D eigenvalue weighted by molar-refractivity contribution is 9.39. The van der Waals surface area contributed by atoms with E-state index in [0.29, 0.717) is 0 Å². The summed E-state index contributed by atoms with van der Waals surface area (Å²) in [6.07, 6.45) is 1.71. The molecule has 0 saturated carbocycles. The van der Waals surface area contributed by atoms with E-state index in [0.717, 1.165) is 12.8 Å². The van der Waals surface area contributed by atoms with Crippen molar-refractivity contribution >= 4 is 47.8 Å². The van der Waals surface area contributed by atoms with Gasteiger partial charge >= 0.3 is 0 Å². The second kappa shape index (κ2) is 8.94. The summed E-state index contributed by atoms with van der Waals surface area (Å²) in [5.74, 6) is 0. The average molecular weight is 371 g/mol. The molecule has 0 aliphatic rings. The lowest BCUT2D eigenvalue weighted by Crippen LogP contribution is -2.04. The van der Waals surface area contributed by atoms with Crippen molar-refractivity contribution in [1.82, 2.24) is 0 Å². The topological polar surface area (TPSA) is 40.5 Å². The zero-order valence-electron chi connectivity index (χ0n) is 7.23. The summed E-state index contributed by atoms with van der Waals surface area (Å²) < 4.78 is -0.465. The lowest BCUT2D eigenvalue weighted by molar-refractivity contribution is 0.166. The largest absolute Gasteiger partial charge is 0.393 e. The van der Waals surface area contributed by atoms with Crippen LogP contribution in [0.1, 0.15) is 26.7 Å². The molecule has 0 aromatic carbocycles. The van der Waals surface area contributed by atoms with E-state index in [1.165, 1.54) is 0 Å². The van der Waals surface area contributed by atoms with Crippen molar-refractivity contribution in [1.29, 1.82) is 0 Å². The quantitative estimate of drug-likeness (QED) is 0.734. The van der Waals surface area contributed by atoms with Gasteiger partial charge in [0.15, 0.2) is 2.14 Å². The summed E-state index contributed by atoms with van der Waals surface area (Å²) in [7, 11) is 0. The van der Waals surface area contributed by atoms with E-state index in [9.17, 15) is 0 Å². The first-order valence-electron chi connectivity index (χ1n) is 3.73. The summed E-state index contributed by atoms with van der Waals surface area (Å²) >= 11 is 9.18. The van der Waals surface area contributed by atoms with Crippen LogP contribution in [0.25, 0.3) is 0 Å². The van der Waals surface area contributed by atoms with Gasteiger partial charge in [0.2, 0.25) is 0 Å². The summed E-state index contributed by atoms with van der Waals surface area (Å²) in [6.45, 7) is 3.98. The number of halogens is 3. The molecule has 0 aliphatic heterocycles. The van der Waals surface area contributed by atoms with E-state index in [-0.39, 0.29) is 12.7 Å². The normalized spacial score (nSPS) is 11.0. The molecule has 5 heteroatoms. The Hall–Kier alpha value is 1.36. The van der Waals surface area contributed by atoms with Crippen LogP contribution in [-0.4, -0.2) is 25.1 Å². The highest BCUT2D eigenvalue weighted by atomic mass is 80.0. The molecular weight excluding hydrogens is 356 g/mol. The highest BCUT2D eigenvalue weighted by Crippen LogP contribution is 2.31. The minimum absolute atomic E-state index is 0.0208. The number of aliphatic hydroxyl groups is 2. The van der Waals surface area contributed by atoms with Crippen molar-refractivity contribution in [2.75, 3.05) is 6.61 Å². The maximum absolute atomic E-state index is 8.67. The number of hydrogen-bond acceptors (Lipinski definition) is 2. The fourth-order valence-electron chi connectivity index (χ4n) is 0.289. The second-order valence-corrected chi connectivity index (χ2v) is 9.50. The predicted molar refractivity (Wildman–Crippen MR) is 63.2 cm³/mol. The van der Waals surface area contributed by atoms with Crippen LogP contribution in [0.5, 0.6) is 0 Å². The third-order valence-electron chi connectivity index (χ3n) is 1.12. The smallest absolute Gasteiger partial charge is 0.157 e. The van der Waals surface area contributed by atoms with Crippen molar-refractivity contribution in [3.63, 3.8) is 0 Å². The molecular formula is C7H15Br3O2. The minimum Gasteiger partial charge on any atom is -0.393 e. The monoisotopic (exact) mass is 368 g/mol. The summed E-state index contributed by atoms with van der Waals surface area (Å²) in [6, 6.07) is 0. The molecule has 0 aromatic heterocycles. The van der Waals surface area contributed by atoms with Gasteiger partial charge in [-0.3, -0.25) is 0 Å². The number of aliphatic hydroxyl groups excluding tert-OH is 2. The van der Waals surface area contributed by atoms with Gasteiger partial charge in [0.05, 0.1) is 12.7 Å². The molecule has 0 rings (SSSR count). The van der Waals surface area contributed by atoms with Gasteiger partial charge in [0.25, 0.3) is 0 Å². The predicted octanol–water partition coefficient (Wildman–Crippen LogP) is 2.98. The number of hydrogen-bond donors (Lipinski definition) is 2. The molecule has 0 unspecified atom stereocenters. The lowest BCUT2D eigenvalue weighted by Gasteiger charge is -2.03. The fourth-order valence-corrected chi connectivity index (χ4v) is 0.289. The van der Waals surface area contributed by atoms with Crippen LogP contribution in [0.15, 0.2) is 0 Å². The molecule has 0 radical (unpaired) electrons.